The van der Waals surface area contributed by atoms with Gasteiger partial charge in [-0.15, -0.1) is 0 Å². The Balaban J connectivity index is 1.96. The van der Waals surface area contributed by atoms with Gasteiger partial charge in [-0.1, -0.05) is 45.8 Å². The van der Waals surface area contributed by atoms with Gasteiger partial charge < -0.3 is 5.32 Å². The van der Waals surface area contributed by atoms with Gasteiger partial charge in [0.15, 0.2) is 0 Å². The monoisotopic (exact) mass is 517 g/mol. The minimum Gasteiger partial charge on any atom is -0.324 e. The Bertz CT molecular complexity index is 1280. The van der Waals surface area contributed by atoms with E-state index in [0.717, 1.165) is 9.87 Å². The third-order valence-electron chi connectivity index (χ3n) is 4.70. The molecule has 0 aliphatic heterocycles. The number of non-ortho nitro benzene ring substituents is 1. The van der Waals surface area contributed by atoms with Gasteiger partial charge in [-0.2, -0.15) is 0 Å². The third-order valence-corrected chi connectivity index (χ3v) is 6.98. The van der Waals surface area contributed by atoms with Gasteiger partial charge in [0, 0.05) is 16.6 Å². The number of anilines is 2. The number of nitro groups is 1. The number of sulfonamides is 1. The molecule has 0 saturated carbocycles. The van der Waals surface area contributed by atoms with E-state index < -0.39 is 27.4 Å². The molecule has 1 amide bonds. The van der Waals surface area contributed by atoms with Gasteiger partial charge >= 0.3 is 0 Å². The molecular weight excluding hydrogens is 498 g/mol. The predicted molar refractivity (Wildman–Crippen MR) is 126 cm³/mol. The van der Waals surface area contributed by atoms with Gasteiger partial charge in [-0.3, -0.25) is 19.2 Å². The minimum atomic E-state index is -4.06. The van der Waals surface area contributed by atoms with Crippen molar-refractivity contribution in [1.82, 2.24) is 0 Å². The van der Waals surface area contributed by atoms with Crippen molar-refractivity contribution in [3.8, 4) is 0 Å². The Morgan fingerprint density at radius 3 is 2.38 bits per heavy atom. The number of rotatable bonds is 7. The Morgan fingerprint density at radius 1 is 1.06 bits per heavy atom. The quantitative estimate of drug-likeness (QED) is 0.357. The van der Waals surface area contributed by atoms with Crippen molar-refractivity contribution in [2.24, 2.45) is 0 Å². The van der Waals surface area contributed by atoms with Crippen LogP contribution in [-0.2, 0) is 14.8 Å². The van der Waals surface area contributed by atoms with E-state index in [9.17, 15) is 23.3 Å². The number of aryl methyl sites for hydroxylation is 2. The summed E-state index contributed by atoms with van der Waals surface area (Å²) in [7, 11) is -4.06. The number of carbonyl (C=O) groups excluding carboxylic acids is 1. The van der Waals surface area contributed by atoms with Crippen LogP contribution < -0.4 is 9.62 Å². The molecule has 0 fully saturated rings. The van der Waals surface area contributed by atoms with E-state index in [1.807, 2.05) is 6.92 Å². The maximum absolute atomic E-state index is 13.4. The van der Waals surface area contributed by atoms with Crippen LogP contribution in [0.25, 0.3) is 0 Å². The third kappa shape index (κ3) is 5.32. The highest BCUT2D eigenvalue weighted by Gasteiger charge is 2.27. The van der Waals surface area contributed by atoms with E-state index in [1.165, 1.54) is 30.3 Å². The SMILES string of the molecule is Cc1ccc(S(=O)(=O)N(CC(=O)Nc2cc([N+](=O)[O-])ccc2C)c2cccc(Br)c2)cc1. The van der Waals surface area contributed by atoms with Gasteiger partial charge in [0.2, 0.25) is 5.91 Å². The highest BCUT2D eigenvalue weighted by Crippen LogP contribution is 2.27. The Hall–Kier alpha value is -3.24. The molecule has 3 rings (SSSR count). The molecule has 0 radical (unpaired) electrons. The molecule has 0 bridgehead atoms. The lowest BCUT2D eigenvalue weighted by atomic mass is 10.2. The number of nitrogens with one attached hydrogen (secondary N) is 1. The average Bonchev–Trinajstić information content (AvgIpc) is 2.73. The average molecular weight is 518 g/mol. The molecule has 0 spiro atoms. The Kier molecular flexibility index (Phi) is 6.95. The maximum atomic E-state index is 13.4. The van der Waals surface area contributed by atoms with E-state index in [2.05, 4.69) is 21.2 Å². The number of amides is 1. The summed E-state index contributed by atoms with van der Waals surface area (Å²) in [5.41, 5.74) is 1.87. The predicted octanol–water partition coefficient (Wildman–Crippen LogP) is 4.81. The first kappa shape index (κ1) is 23.4. The molecule has 32 heavy (non-hydrogen) atoms. The van der Waals surface area contributed by atoms with E-state index in [4.69, 9.17) is 0 Å². The summed E-state index contributed by atoms with van der Waals surface area (Å²) in [5.74, 6) is -0.635. The van der Waals surface area contributed by atoms with Gasteiger partial charge in [0.05, 0.1) is 21.2 Å². The van der Waals surface area contributed by atoms with E-state index in [0.29, 0.717) is 15.7 Å². The van der Waals surface area contributed by atoms with Gasteiger partial charge in [0.25, 0.3) is 15.7 Å². The second kappa shape index (κ2) is 9.49. The molecule has 0 saturated heterocycles. The zero-order valence-corrected chi connectivity index (χ0v) is 19.7. The molecular formula is C22H20BrN3O5S. The largest absolute Gasteiger partial charge is 0.324 e. The molecule has 166 valence electrons. The molecule has 0 aromatic heterocycles. The number of hydrogen-bond acceptors (Lipinski definition) is 5. The molecule has 0 atom stereocenters. The highest BCUT2D eigenvalue weighted by atomic mass is 79.9. The summed E-state index contributed by atoms with van der Waals surface area (Å²) >= 11 is 3.33. The Labute approximate surface area is 194 Å². The molecule has 3 aromatic rings. The van der Waals surface area contributed by atoms with Crippen LogP contribution in [0.4, 0.5) is 17.1 Å². The number of hydrogen-bond donors (Lipinski definition) is 1. The normalized spacial score (nSPS) is 11.1. The topological polar surface area (TPSA) is 110 Å². The van der Waals surface area contributed by atoms with Gasteiger partial charge in [-0.25, -0.2) is 8.42 Å². The van der Waals surface area contributed by atoms with Crippen LogP contribution in [0, 0.1) is 24.0 Å². The minimum absolute atomic E-state index is 0.0439. The lowest BCUT2D eigenvalue weighted by Gasteiger charge is -2.24. The summed E-state index contributed by atoms with van der Waals surface area (Å²) in [6.07, 6.45) is 0. The van der Waals surface area contributed by atoms with Crippen molar-refractivity contribution in [3.05, 3.63) is 92.4 Å². The molecule has 0 heterocycles. The second-order valence-corrected chi connectivity index (χ2v) is 9.89. The van der Waals surface area contributed by atoms with Crippen molar-refractivity contribution in [1.29, 1.82) is 0 Å². The Morgan fingerprint density at radius 2 is 1.75 bits per heavy atom. The summed E-state index contributed by atoms with van der Waals surface area (Å²) in [5, 5.41) is 13.6. The number of nitrogens with zero attached hydrogens (tertiary/aromatic N) is 2. The first-order valence-corrected chi connectivity index (χ1v) is 11.7. The van der Waals surface area contributed by atoms with Crippen LogP contribution in [0.2, 0.25) is 0 Å². The highest BCUT2D eigenvalue weighted by molar-refractivity contribution is 9.10. The summed E-state index contributed by atoms with van der Waals surface area (Å²) in [4.78, 5) is 23.4. The maximum Gasteiger partial charge on any atom is 0.271 e. The fourth-order valence-corrected chi connectivity index (χ4v) is 4.76. The van der Waals surface area contributed by atoms with Crippen LogP contribution in [0.3, 0.4) is 0 Å². The van der Waals surface area contributed by atoms with Crippen LogP contribution in [0.15, 0.2) is 76.1 Å². The van der Waals surface area contributed by atoms with E-state index >= 15 is 0 Å². The summed E-state index contributed by atoms with van der Waals surface area (Å²) < 4.78 is 28.4. The van der Waals surface area contributed by atoms with Gasteiger partial charge in [0.1, 0.15) is 6.54 Å². The first-order valence-electron chi connectivity index (χ1n) is 9.48. The van der Waals surface area contributed by atoms with Gasteiger partial charge in [-0.05, 0) is 49.7 Å². The van der Waals surface area contributed by atoms with Crippen molar-refractivity contribution in [2.75, 3.05) is 16.2 Å². The van der Waals surface area contributed by atoms with Crippen LogP contribution in [0.5, 0.6) is 0 Å². The standard InChI is InChI=1S/C22H20BrN3O5S/c1-15-6-10-20(11-7-15)32(30,31)25(18-5-3-4-17(23)12-18)14-22(27)24-21-13-19(26(28)29)9-8-16(21)2/h3-13H,14H2,1-2H3,(H,24,27). The fraction of sp³-hybridized carbons (Fsp3) is 0.136. The van der Waals surface area contributed by atoms with Crippen LogP contribution in [-0.4, -0.2) is 25.8 Å². The van der Waals surface area contributed by atoms with Crippen LogP contribution >= 0.6 is 15.9 Å². The zero-order valence-electron chi connectivity index (χ0n) is 17.3. The lowest BCUT2D eigenvalue weighted by molar-refractivity contribution is -0.384. The molecule has 0 aliphatic carbocycles. The number of nitro benzene ring substituents is 1. The summed E-state index contributed by atoms with van der Waals surface area (Å²) in [6.45, 7) is 3.01. The van der Waals surface area contributed by atoms with Crippen molar-refractivity contribution in [3.63, 3.8) is 0 Å². The molecule has 1 N–H and O–H groups in total. The molecule has 8 nitrogen and oxygen atoms in total. The summed E-state index contributed by atoms with van der Waals surface area (Å²) in [6, 6.07) is 17.0. The smallest absolute Gasteiger partial charge is 0.271 e. The number of benzene rings is 3. The van der Waals surface area contributed by atoms with Crippen molar-refractivity contribution in [2.45, 2.75) is 18.7 Å². The van der Waals surface area contributed by atoms with E-state index in [1.54, 1.807) is 43.3 Å². The van der Waals surface area contributed by atoms with Crippen molar-refractivity contribution < 1.29 is 18.1 Å². The van der Waals surface area contributed by atoms with Crippen molar-refractivity contribution >= 4 is 48.9 Å². The molecule has 10 heteroatoms. The second-order valence-electron chi connectivity index (χ2n) is 7.11. The molecule has 0 aliphatic rings. The van der Waals surface area contributed by atoms with E-state index in [-0.39, 0.29) is 16.3 Å². The fourth-order valence-electron chi connectivity index (χ4n) is 2.96. The first-order chi connectivity index (χ1) is 15.1. The molecule has 0 unspecified atom stereocenters. The zero-order chi connectivity index (χ0) is 23.5. The molecule has 3 aromatic carbocycles. The number of halogens is 1. The van der Waals surface area contributed by atoms with Crippen LogP contribution in [0.1, 0.15) is 11.1 Å². The lowest BCUT2D eigenvalue weighted by Crippen LogP contribution is -2.38. The number of carbonyl (C=O) groups is 1.